The zero-order valence-electron chi connectivity index (χ0n) is 43.2. The van der Waals surface area contributed by atoms with E-state index in [-0.39, 0.29) is 12.5 Å². The van der Waals surface area contributed by atoms with Gasteiger partial charge in [-0.25, -0.2) is 0 Å². The standard InChI is InChI=1S/C61H109NO3/c1-3-5-7-9-11-13-15-17-19-21-23-25-27-29-31-33-35-37-39-41-43-45-47-49-51-53-55-57-61(65)62-59(58-63)60(64)56-54-52-50-48-46-44-42-40-38-36-34-32-30-28-26-24-22-20-18-16-14-12-10-8-6-4-2/h5,7,11,13,17,19,23,25,29,31,35,37,41,43,59-60,63-64H,3-4,6,8-10,12,14-16,18,20-22,24,26-28,30,32-34,36,38-40,42,44-58H2,1-2H3,(H,62,65)/b7-5-,13-11-,19-17-,25-23-,31-29-,37-35-,43-41-. The van der Waals surface area contributed by atoms with E-state index in [4.69, 9.17) is 0 Å². The molecule has 2 unspecified atom stereocenters. The van der Waals surface area contributed by atoms with Gasteiger partial charge in [0.25, 0.3) is 0 Å². The number of carbonyl (C=O) groups excluding carboxylic acids is 1. The van der Waals surface area contributed by atoms with Crippen molar-refractivity contribution < 1.29 is 15.0 Å². The zero-order valence-corrected chi connectivity index (χ0v) is 43.2. The number of rotatable bonds is 51. The van der Waals surface area contributed by atoms with E-state index in [1.165, 1.54) is 167 Å². The zero-order chi connectivity index (χ0) is 47.0. The summed E-state index contributed by atoms with van der Waals surface area (Å²) in [6.07, 6.45) is 81.3. The SMILES string of the molecule is CC/C=C\C/C=C\C/C=C\C/C=C\C/C=C\C/C=C\C/C=C\CCCCCCCC(=O)NC(CO)C(O)CCCCCCCCCCCCCCCCCCCCCCCCCCCC. The number of allylic oxidation sites excluding steroid dienone is 14. The average molecular weight is 905 g/mol. The van der Waals surface area contributed by atoms with E-state index in [1.54, 1.807) is 0 Å². The first-order chi connectivity index (χ1) is 32.2. The van der Waals surface area contributed by atoms with Crippen LogP contribution in [0.3, 0.4) is 0 Å². The molecule has 0 aromatic heterocycles. The molecule has 0 spiro atoms. The molecular weight excluding hydrogens is 795 g/mol. The molecular formula is C61H109NO3. The Bertz CT molecular complexity index is 1160. The third kappa shape index (κ3) is 52.4. The maximum Gasteiger partial charge on any atom is 0.220 e. The minimum Gasteiger partial charge on any atom is -0.394 e. The highest BCUT2D eigenvalue weighted by atomic mass is 16.3. The Balaban J connectivity index is 3.55. The second kappa shape index (κ2) is 55.9. The Morgan fingerprint density at radius 1 is 0.385 bits per heavy atom. The highest BCUT2D eigenvalue weighted by Crippen LogP contribution is 2.17. The Morgan fingerprint density at radius 3 is 1.02 bits per heavy atom. The van der Waals surface area contributed by atoms with Gasteiger partial charge in [0.1, 0.15) is 0 Å². The van der Waals surface area contributed by atoms with Gasteiger partial charge in [-0.15, -0.1) is 0 Å². The second-order valence-electron chi connectivity index (χ2n) is 19.0. The Morgan fingerprint density at radius 2 is 0.677 bits per heavy atom. The molecule has 1 amide bonds. The van der Waals surface area contributed by atoms with Crippen molar-refractivity contribution in [2.75, 3.05) is 6.61 Å². The van der Waals surface area contributed by atoms with E-state index in [9.17, 15) is 15.0 Å². The summed E-state index contributed by atoms with van der Waals surface area (Å²) in [6.45, 7) is 4.25. The summed E-state index contributed by atoms with van der Waals surface area (Å²) in [4.78, 5) is 12.5. The maximum absolute atomic E-state index is 12.5. The number of aliphatic hydroxyl groups is 2. The molecule has 0 aliphatic carbocycles. The minimum absolute atomic E-state index is 0.0505. The van der Waals surface area contributed by atoms with Crippen LogP contribution in [0, 0.1) is 0 Å². The van der Waals surface area contributed by atoms with Crippen LogP contribution in [0.4, 0.5) is 0 Å². The van der Waals surface area contributed by atoms with E-state index in [2.05, 4.69) is 104 Å². The topological polar surface area (TPSA) is 69.6 Å². The first-order valence-electron chi connectivity index (χ1n) is 28.3. The summed E-state index contributed by atoms with van der Waals surface area (Å²) < 4.78 is 0. The van der Waals surface area contributed by atoms with Crippen LogP contribution in [0.15, 0.2) is 85.1 Å². The van der Waals surface area contributed by atoms with Gasteiger partial charge >= 0.3 is 0 Å². The van der Waals surface area contributed by atoms with Crippen LogP contribution in [0.2, 0.25) is 0 Å². The molecule has 3 N–H and O–H groups in total. The van der Waals surface area contributed by atoms with Crippen molar-refractivity contribution in [3.63, 3.8) is 0 Å². The normalized spacial score (nSPS) is 13.5. The van der Waals surface area contributed by atoms with E-state index in [0.717, 1.165) is 83.5 Å². The quantitative estimate of drug-likeness (QED) is 0.0421. The number of amides is 1. The highest BCUT2D eigenvalue weighted by Gasteiger charge is 2.20. The van der Waals surface area contributed by atoms with Gasteiger partial charge in [0.15, 0.2) is 0 Å². The van der Waals surface area contributed by atoms with Crippen molar-refractivity contribution in [3.8, 4) is 0 Å². The van der Waals surface area contributed by atoms with Gasteiger partial charge in [-0.05, 0) is 70.6 Å². The lowest BCUT2D eigenvalue weighted by Gasteiger charge is -2.22. The smallest absolute Gasteiger partial charge is 0.220 e. The molecule has 65 heavy (non-hydrogen) atoms. The Hall–Kier alpha value is -2.43. The fraction of sp³-hybridized carbons (Fsp3) is 0.754. The van der Waals surface area contributed by atoms with E-state index in [0.29, 0.717) is 12.8 Å². The van der Waals surface area contributed by atoms with Crippen molar-refractivity contribution in [1.82, 2.24) is 5.32 Å². The molecule has 376 valence electrons. The maximum atomic E-state index is 12.5. The highest BCUT2D eigenvalue weighted by molar-refractivity contribution is 5.76. The van der Waals surface area contributed by atoms with Gasteiger partial charge in [-0.2, -0.15) is 0 Å². The Labute approximate surface area is 405 Å². The molecule has 0 fully saturated rings. The molecule has 0 aliphatic heterocycles. The van der Waals surface area contributed by atoms with Gasteiger partial charge in [-0.3, -0.25) is 4.79 Å². The number of nitrogens with one attached hydrogen (secondary N) is 1. The fourth-order valence-corrected chi connectivity index (χ4v) is 8.40. The fourth-order valence-electron chi connectivity index (χ4n) is 8.40. The van der Waals surface area contributed by atoms with Crippen molar-refractivity contribution in [2.24, 2.45) is 0 Å². The number of hydrogen-bond donors (Lipinski definition) is 3. The minimum atomic E-state index is -0.675. The monoisotopic (exact) mass is 904 g/mol. The molecule has 0 radical (unpaired) electrons. The molecule has 4 heteroatoms. The molecule has 0 heterocycles. The van der Waals surface area contributed by atoms with Crippen molar-refractivity contribution in [1.29, 1.82) is 0 Å². The summed E-state index contributed by atoms with van der Waals surface area (Å²) in [5.41, 5.74) is 0. The van der Waals surface area contributed by atoms with Gasteiger partial charge in [0, 0.05) is 6.42 Å². The third-order valence-electron chi connectivity index (χ3n) is 12.7. The molecule has 2 atom stereocenters. The largest absolute Gasteiger partial charge is 0.394 e. The first kappa shape index (κ1) is 62.6. The van der Waals surface area contributed by atoms with E-state index in [1.807, 2.05) is 0 Å². The molecule has 0 aliphatic rings. The van der Waals surface area contributed by atoms with E-state index >= 15 is 0 Å². The first-order valence-corrected chi connectivity index (χ1v) is 28.3. The molecule has 0 saturated carbocycles. The van der Waals surface area contributed by atoms with Crippen LogP contribution < -0.4 is 5.32 Å². The van der Waals surface area contributed by atoms with Crippen molar-refractivity contribution >= 4 is 5.91 Å². The van der Waals surface area contributed by atoms with E-state index < -0.39 is 12.1 Å². The third-order valence-corrected chi connectivity index (χ3v) is 12.7. The number of aliphatic hydroxyl groups excluding tert-OH is 2. The van der Waals surface area contributed by atoms with Gasteiger partial charge in [0.2, 0.25) is 5.91 Å². The van der Waals surface area contributed by atoms with Crippen LogP contribution in [0.5, 0.6) is 0 Å². The molecule has 4 nitrogen and oxygen atoms in total. The number of carbonyl (C=O) groups is 1. The second-order valence-corrected chi connectivity index (χ2v) is 19.0. The number of hydrogen-bond acceptors (Lipinski definition) is 3. The van der Waals surface area contributed by atoms with Crippen LogP contribution in [0.1, 0.15) is 277 Å². The molecule has 0 saturated heterocycles. The lowest BCUT2D eigenvalue weighted by Crippen LogP contribution is -2.45. The lowest BCUT2D eigenvalue weighted by atomic mass is 10.0. The molecule has 0 bridgehead atoms. The van der Waals surface area contributed by atoms with Gasteiger partial charge in [-0.1, -0.05) is 285 Å². The van der Waals surface area contributed by atoms with Crippen molar-refractivity contribution in [2.45, 2.75) is 289 Å². The van der Waals surface area contributed by atoms with Gasteiger partial charge < -0.3 is 15.5 Å². The molecule has 0 aromatic rings. The summed E-state index contributed by atoms with van der Waals surface area (Å²) in [7, 11) is 0. The predicted octanol–water partition coefficient (Wildman–Crippen LogP) is 18.8. The van der Waals surface area contributed by atoms with Crippen LogP contribution in [-0.4, -0.2) is 34.9 Å². The van der Waals surface area contributed by atoms with Crippen LogP contribution >= 0.6 is 0 Å². The Kier molecular flexibility index (Phi) is 53.8. The lowest BCUT2D eigenvalue weighted by molar-refractivity contribution is -0.123. The molecule has 0 aromatic carbocycles. The summed E-state index contributed by atoms with van der Waals surface area (Å²) in [5, 5.41) is 23.3. The van der Waals surface area contributed by atoms with Gasteiger partial charge in [0.05, 0.1) is 18.8 Å². The van der Waals surface area contributed by atoms with Crippen LogP contribution in [0.25, 0.3) is 0 Å². The summed E-state index contributed by atoms with van der Waals surface area (Å²) >= 11 is 0. The average Bonchev–Trinajstić information content (AvgIpc) is 3.31. The van der Waals surface area contributed by atoms with Crippen LogP contribution in [-0.2, 0) is 4.79 Å². The van der Waals surface area contributed by atoms with Crippen molar-refractivity contribution in [3.05, 3.63) is 85.1 Å². The summed E-state index contributed by atoms with van der Waals surface area (Å²) in [5.74, 6) is -0.0505. The molecule has 0 rings (SSSR count). The predicted molar refractivity (Wildman–Crippen MR) is 290 cm³/mol. The summed E-state index contributed by atoms with van der Waals surface area (Å²) in [6, 6.07) is -0.554. The number of unbranched alkanes of at least 4 members (excludes halogenated alkanes) is 30.